The number of rotatable bonds is 4. The topological polar surface area (TPSA) is 40.2 Å². The van der Waals surface area contributed by atoms with Crippen LogP contribution in [0.5, 0.6) is 0 Å². The summed E-state index contributed by atoms with van der Waals surface area (Å²) in [6.45, 7) is 5.47. The van der Waals surface area contributed by atoms with Crippen molar-refractivity contribution < 1.29 is 4.74 Å². The first kappa shape index (κ1) is 10.3. The summed E-state index contributed by atoms with van der Waals surface area (Å²) in [6.07, 6.45) is 0. The highest BCUT2D eigenvalue weighted by atomic mass is 16.5. The smallest absolute Gasteiger partial charge is 0.0691 e. The molecule has 2 N–H and O–H groups in total. The van der Waals surface area contributed by atoms with Crippen molar-refractivity contribution in [3.05, 3.63) is 23.5 Å². The van der Waals surface area contributed by atoms with Gasteiger partial charge in [-0.05, 0) is 26.0 Å². The molecule has 0 fully saturated rings. The van der Waals surface area contributed by atoms with Crippen LogP contribution in [-0.4, -0.2) is 24.8 Å². The fourth-order valence-electron chi connectivity index (χ4n) is 1.70. The van der Waals surface area contributed by atoms with Crippen molar-refractivity contribution in [1.29, 1.82) is 0 Å². The molecule has 1 heterocycles. The van der Waals surface area contributed by atoms with E-state index in [1.165, 1.54) is 11.4 Å². The van der Waals surface area contributed by atoms with E-state index in [1.54, 1.807) is 7.11 Å². The van der Waals surface area contributed by atoms with E-state index in [4.69, 9.17) is 10.5 Å². The number of aryl methyl sites for hydroxylation is 2. The SMILES string of the molecule is COCC(CN)n1c(C)ccc1C. The number of ether oxygens (including phenoxy) is 1. The first-order chi connectivity index (χ1) is 6.20. The Bertz CT molecular complexity index is 248. The maximum atomic E-state index is 5.69. The summed E-state index contributed by atoms with van der Waals surface area (Å²) >= 11 is 0. The molecule has 0 saturated carbocycles. The van der Waals surface area contributed by atoms with Crippen LogP contribution in [0.25, 0.3) is 0 Å². The zero-order valence-corrected chi connectivity index (χ0v) is 8.58. The van der Waals surface area contributed by atoms with Crippen LogP contribution in [0.3, 0.4) is 0 Å². The van der Waals surface area contributed by atoms with Crippen LogP contribution >= 0.6 is 0 Å². The van der Waals surface area contributed by atoms with Gasteiger partial charge in [-0.1, -0.05) is 0 Å². The molecular weight excluding hydrogens is 164 g/mol. The van der Waals surface area contributed by atoms with Gasteiger partial charge in [0, 0.05) is 25.0 Å². The molecular formula is C10H18N2O. The van der Waals surface area contributed by atoms with Gasteiger partial charge in [0.25, 0.3) is 0 Å². The third kappa shape index (κ3) is 2.11. The molecule has 3 nitrogen and oxygen atoms in total. The lowest BCUT2D eigenvalue weighted by Gasteiger charge is -2.20. The minimum atomic E-state index is 0.264. The average Bonchev–Trinajstić information content (AvgIpc) is 2.43. The minimum absolute atomic E-state index is 0.264. The number of hydrogen-bond donors (Lipinski definition) is 1. The Kier molecular flexibility index (Phi) is 3.51. The van der Waals surface area contributed by atoms with Crippen molar-refractivity contribution in [1.82, 2.24) is 4.57 Å². The Hall–Kier alpha value is -0.800. The zero-order valence-electron chi connectivity index (χ0n) is 8.58. The number of aromatic nitrogens is 1. The fourth-order valence-corrected chi connectivity index (χ4v) is 1.70. The summed E-state index contributed by atoms with van der Waals surface area (Å²) in [6, 6.07) is 4.47. The van der Waals surface area contributed by atoms with Crippen LogP contribution < -0.4 is 5.73 Å². The maximum Gasteiger partial charge on any atom is 0.0691 e. The number of hydrogen-bond acceptors (Lipinski definition) is 2. The molecule has 0 spiro atoms. The van der Waals surface area contributed by atoms with Crippen molar-refractivity contribution in [2.75, 3.05) is 20.3 Å². The molecule has 1 atom stereocenters. The number of nitrogens with two attached hydrogens (primary N) is 1. The summed E-state index contributed by atoms with van der Waals surface area (Å²) in [7, 11) is 1.71. The van der Waals surface area contributed by atoms with E-state index in [0.29, 0.717) is 13.2 Å². The van der Waals surface area contributed by atoms with Gasteiger partial charge in [-0.2, -0.15) is 0 Å². The van der Waals surface area contributed by atoms with E-state index >= 15 is 0 Å². The second-order valence-corrected chi connectivity index (χ2v) is 3.33. The van der Waals surface area contributed by atoms with Gasteiger partial charge < -0.3 is 15.0 Å². The van der Waals surface area contributed by atoms with Crippen LogP contribution in [0, 0.1) is 13.8 Å². The maximum absolute atomic E-state index is 5.69. The van der Waals surface area contributed by atoms with E-state index in [2.05, 4.69) is 30.5 Å². The summed E-state index contributed by atoms with van der Waals surface area (Å²) in [5, 5.41) is 0. The summed E-state index contributed by atoms with van der Waals surface area (Å²) in [5.74, 6) is 0. The molecule has 0 saturated heterocycles. The molecule has 0 aliphatic heterocycles. The summed E-state index contributed by atoms with van der Waals surface area (Å²) in [5.41, 5.74) is 8.17. The van der Waals surface area contributed by atoms with Gasteiger partial charge >= 0.3 is 0 Å². The van der Waals surface area contributed by atoms with E-state index < -0.39 is 0 Å². The third-order valence-corrected chi connectivity index (χ3v) is 2.32. The second-order valence-electron chi connectivity index (χ2n) is 3.33. The molecule has 3 heteroatoms. The van der Waals surface area contributed by atoms with Gasteiger partial charge in [-0.15, -0.1) is 0 Å². The monoisotopic (exact) mass is 182 g/mol. The van der Waals surface area contributed by atoms with Gasteiger partial charge in [0.1, 0.15) is 0 Å². The lowest BCUT2D eigenvalue weighted by molar-refractivity contribution is 0.156. The largest absolute Gasteiger partial charge is 0.382 e. The van der Waals surface area contributed by atoms with Crippen LogP contribution in [0.1, 0.15) is 17.4 Å². The van der Waals surface area contributed by atoms with Crippen LogP contribution in [0.2, 0.25) is 0 Å². The first-order valence-electron chi connectivity index (χ1n) is 4.54. The van der Waals surface area contributed by atoms with Gasteiger partial charge in [-0.25, -0.2) is 0 Å². The predicted octanol–water partition coefficient (Wildman–Crippen LogP) is 1.25. The fraction of sp³-hybridized carbons (Fsp3) is 0.600. The standard InChI is InChI=1S/C10H18N2O/c1-8-4-5-9(2)12(8)10(6-11)7-13-3/h4-5,10H,6-7,11H2,1-3H3. The van der Waals surface area contributed by atoms with Crippen molar-refractivity contribution in [2.24, 2.45) is 5.73 Å². The molecule has 1 unspecified atom stereocenters. The quantitative estimate of drug-likeness (QED) is 0.761. The van der Waals surface area contributed by atoms with Gasteiger partial charge in [-0.3, -0.25) is 0 Å². The molecule has 0 aliphatic carbocycles. The molecule has 1 rings (SSSR count). The minimum Gasteiger partial charge on any atom is -0.382 e. The molecule has 0 aromatic carbocycles. The zero-order chi connectivity index (χ0) is 9.84. The lowest BCUT2D eigenvalue weighted by Crippen LogP contribution is -2.25. The Morgan fingerprint density at radius 3 is 2.31 bits per heavy atom. The molecule has 0 bridgehead atoms. The Morgan fingerprint density at radius 1 is 1.38 bits per heavy atom. The Morgan fingerprint density at radius 2 is 1.92 bits per heavy atom. The Balaban J connectivity index is 2.89. The number of methoxy groups -OCH3 is 1. The van der Waals surface area contributed by atoms with Crippen LogP contribution in [0.15, 0.2) is 12.1 Å². The molecule has 0 radical (unpaired) electrons. The number of nitrogens with zero attached hydrogens (tertiary/aromatic N) is 1. The van der Waals surface area contributed by atoms with Crippen molar-refractivity contribution in [3.8, 4) is 0 Å². The van der Waals surface area contributed by atoms with Crippen LogP contribution in [-0.2, 0) is 4.74 Å². The van der Waals surface area contributed by atoms with E-state index in [-0.39, 0.29) is 6.04 Å². The Labute approximate surface area is 79.5 Å². The molecule has 13 heavy (non-hydrogen) atoms. The molecule has 1 aromatic rings. The highest BCUT2D eigenvalue weighted by Crippen LogP contribution is 2.14. The van der Waals surface area contributed by atoms with Crippen molar-refractivity contribution in [3.63, 3.8) is 0 Å². The molecule has 0 aliphatic rings. The van der Waals surface area contributed by atoms with E-state index in [0.717, 1.165) is 0 Å². The normalized spacial score (nSPS) is 13.2. The first-order valence-corrected chi connectivity index (χ1v) is 4.54. The van der Waals surface area contributed by atoms with Gasteiger partial charge in [0.15, 0.2) is 0 Å². The van der Waals surface area contributed by atoms with Crippen molar-refractivity contribution >= 4 is 0 Å². The molecule has 0 amide bonds. The van der Waals surface area contributed by atoms with E-state index in [9.17, 15) is 0 Å². The van der Waals surface area contributed by atoms with Crippen LogP contribution in [0.4, 0.5) is 0 Å². The molecule has 1 aromatic heterocycles. The predicted molar refractivity (Wildman–Crippen MR) is 53.9 cm³/mol. The summed E-state index contributed by atoms with van der Waals surface area (Å²) in [4.78, 5) is 0. The van der Waals surface area contributed by atoms with Crippen molar-refractivity contribution in [2.45, 2.75) is 19.9 Å². The summed E-state index contributed by atoms with van der Waals surface area (Å²) < 4.78 is 7.35. The average molecular weight is 182 g/mol. The highest BCUT2D eigenvalue weighted by Gasteiger charge is 2.11. The lowest BCUT2D eigenvalue weighted by atomic mass is 10.3. The second kappa shape index (κ2) is 4.44. The molecule has 74 valence electrons. The highest BCUT2D eigenvalue weighted by molar-refractivity contribution is 5.15. The van der Waals surface area contributed by atoms with Gasteiger partial charge in [0.2, 0.25) is 0 Å². The third-order valence-electron chi connectivity index (χ3n) is 2.32. The van der Waals surface area contributed by atoms with Gasteiger partial charge in [0.05, 0.1) is 12.6 Å². The van der Waals surface area contributed by atoms with E-state index in [1.807, 2.05) is 0 Å².